The summed E-state index contributed by atoms with van der Waals surface area (Å²) in [5, 5.41) is 2.44. The van der Waals surface area contributed by atoms with E-state index in [9.17, 15) is 0 Å². The van der Waals surface area contributed by atoms with Crippen molar-refractivity contribution < 1.29 is 0 Å². The fourth-order valence-corrected chi connectivity index (χ4v) is 1.65. The number of hydrogen-bond donors (Lipinski definition) is 0. The van der Waals surface area contributed by atoms with Crippen LogP contribution >= 0.6 is 0 Å². The highest BCUT2D eigenvalue weighted by Crippen LogP contribution is 2.17. The molecule has 1 aromatic carbocycles. The fraction of sp³-hybridized carbons (Fsp3) is 0.154. The van der Waals surface area contributed by atoms with Crippen molar-refractivity contribution in [3.8, 4) is 0 Å². The van der Waals surface area contributed by atoms with Gasteiger partial charge in [0.05, 0.1) is 0 Å². The maximum atomic E-state index is 4.31. The van der Waals surface area contributed by atoms with Gasteiger partial charge in [0.15, 0.2) is 0 Å². The third-order valence-corrected chi connectivity index (χ3v) is 2.29. The van der Waals surface area contributed by atoms with Gasteiger partial charge in [0.25, 0.3) is 0 Å². The summed E-state index contributed by atoms with van der Waals surface area (Å²) in [6.45, 7) is 4.00. The third kappa shape index (κ3) is 1.59. The van der Waals surface area contributed by atoms with Crippen LogP contribution in [0.1, 0.15) is 13.8 Å². The molecule has 2 aromatic heterocycles. The molecule has 76 valence electrons. The summed E-state index contributed by atoms with van der Waals surface area (Å²) < 4.78 is 2.03. The zero-order valence-corrected chi connectivity index (χ0v) is 9.01. The van der Waals surface area contributed by atoms with E-state index in [0.29, 0.717) is 0 Å². The Kier molecular flexibility index (Phi) is 2.68. The molecule has 2 heteroatoms. The molecule has 0 atom stereocenters. The summed E-state index contributed by atoms with van der Waals surface area (Å²) in [6.07, 6.45) is 5.81. The van der Waals surface area contributed by atoms with Gasteiger partial charge < -0.3 is 4.40 Å². The fourth-order valence-electron chi connectivity index (χ4n) is 1.65. The van der Waals surface area contributed by atoms with Crippen molar-refractivity contribution in [3.63, 3.8) is 0 Å². The number of pyridine rings is 1. The van der Waals surface area contributed by atoms with E-state index in [0.717, 1.165) is 5.65 Å². The molecular formula is C13H14N2. The van der Waals surface area contributed by atoms with Crippen molar-refractivity contribution in [3.05, 3.63) is 48.9 Å². The summed E-state index contributed by atoms with van der Waals surface area (Å²) in [7, 11) is 0. The maximum Gasteiger partial charge on any atom is 0.144 e. The number of rotatable bonds is 0. The minimum atomic E-state index is 1.03. The smallest absolute Gasteiger partial charge is 0.144 e. The molecule has 0 aliphatic rings. The first-order valence-corrected chi connectivity index (χ1v) is 5.25. The highest BCUT2D eigenvalue weighted by Gasteiger charge is 1.98. The van der Waals surface area contributed by atoms with Crippen molar-refractivity contribution in [2.45, 2.75) is 13.8 Å². The number of hydrogen-bond acceptors (Lipinski definition) is 1. The van der Waals surface area contributed by atoms with Crippen molar-refractivity contribution in [1.29, 1.82) is 0 Å². The van der Waals surface area contributed by atoms with Gasteiger partial charge in [0, 0.05) is 24.0 Å². The number of benzene rings is 1. The van der Waals surface area contributed by atoms with Gasteiger partial charge in [-0.2, -0.15) is 0 Å². The first-order chi connectivity index (χ1) is 7.45. The second-order valence-corrected chi connectivity index (χ2v) is 3.06. The van der Waals surface area contributed by atoms with Gasteiger partial charge in [0.2, 0.25) is 0 Å². The monoisotopic (exact) mass is 198 g/mol. The molecule has 0 bridgehead atoms. The van der Waals surface area contributed by atoms with Gasteiger partial charge in [-0.25, -0.2) is 4.98 Å². The summed E-state index contributed by atoms with van der Waals surface area (Å²) in [6, 6.07) is 10.4. The predicted molar refractivity (Wildman–Crippen MR) is 64.0 cm³/mol. The predicted octanol–water partition coefficient (Wildman–Crippen LogP) is 3.51. The van der Waals surface area contributed by atoms with Crippen LogP contribution in [0, 0.1) is 0 Å². The lowest BCUT2D eigenvalue weighted by Gasteiger charge is -1.98. The molecule has 0 aliphatic heterocycles. The Morgan fingerprint density at radius 3 is 2.67 bits per heavy atom. The molecule has 0 saturated carbocycles. The van der Waals surface area contributed by atoms with Crippen molar-refractivity contribution in [2.24, 2.45) is 0 Å². The van der Waals surface area contributed by atoms with E-state index in [4.69, 9.17) is 0 Å². The average Bonchev–Trinajstić information content (AvgIpc) is 2.80. The molecule has 0 unspecified atom stereocenters. The summed E-state index contributed by atoms with van der Waals surface area (Å²) in [4.78, 5) is 4.31. The third-order valence-electron chi connectivity index (χ3n) is 2.29. The minimum absolute atomic E-state index is 1.03. The van der Waals surface area contributed by atoms with Gasteiger partial charge in [0.1, 0.15) is 5.65 Å². The lowest BCUT2D eigenvalue weighted by Crippen LogP contribution is -1.83. The molecule has 0 aliphatic carbocycles. The molecule has 0 saturated heterocycles. The lowest BCUT2D eigenvalue weighted by molar-refractivity contribution is 1.20. The number of aromatic nitrogens is 2. The summed E-state index contributed by atoms with van der Waals surface area (Å²) in [5.74, 6) is 0. The zero-order valence-electron chi connectivity index (χ0n) is 9.01. The standard InChI is InChI=1S/C11H8N2.C2H6/c1-2-4-10-9(3-1)5-7-13-8-6-12-11(10)13;1-2/h1-8H;1-2H3. The Labute approximate surface area is 89.2 Å². The van der Waals surface area contributed by atoms with Crippen LogP contribution < -0.4 is 0 Å². The quantitative estimate of drug-likeness (QED) is 0.540. The van der Waals surface area contributed by atoms with Gasteiger partial charge in [-0.05, 0) is 11.5 Å². The minimum Gasteiger partial charge on any atom is -0.307 e. The van der Waals surface area contributed by atoms with E-state index in [1.54, 1.807) is 0 Å². The molecule has 0 amide bonds. The number of imidazole rings is 1. The van der Waals surface area contributed by atoms with Crippen LogP contribution in [0.15, 0.2) is 48.9 Å². The first kappa shape index (κ1) is 9.71. The molecule has 0 N–H and O–H groups in total. The Balaban J connectivity index is 0.000000404. The molecule has 3 rings (SSSR count). The first-order valence-electron chi connectivity index (χ1n) is 5.25. The van der Waals surface area contributed by atoms with E-state index in [1.807, 2.05) is 49.0 Å². The molecule has 15 heavy (non-hydrogen) atoms. The van der Waals surface area contributed by atoms with Crippen LogP contribution in [0.5, 0.6) is 0 Å². The summed E-state index contributed by atoms with van der Waals surface area (Å²) >= 11 is 0. The molecule has 2 heterocycles. The van der Waals surface area contributed by atoms with Crippen LogP contribution in [-0.4, -0.2) is 9.38 Å². The molecule has 2 nitrogen and oxygen atoms in total. The van der Waals surface area contributed by atoms with Crippen LogP contribution in [0.25, 0.3) is 16.4 Å². The van der Waals surface area contributed by atoms with Gasteiger partial charge >= 0.3 is 0 Å². The highest BCUT2D eigenvalue weighted by atomic mass is 15.0. The Bertz CT molecular complexity index is 567. The van der Waals surface area contributed by atoms with E-state index in [-0.39, 0.29) is 0 Å². The van der Waals surface area contributed by atoms with Gasteiger partial charge in [-0.3, -0.25) is 0 Å². The molecule has 0 fully saturated rings. The molecule has 0 spiro atoms. The van der Waals surface area contributed by atoms with Crippen LogP contribution in [-0.2, 0) is 0 Å². The van der Waals surface area contributed by atoms with Gasteiger partial charge in [-0.15, -0.1) is 0 Å². The normalized spacial score (nSPS) is 10.0. The average molecular weight is 198 g/mol. The largest absolute Gasteiger partial charge is 0.307 e. The molecule has 0 radical (unpaired) electrons. The summed E-state index contributed by atoms with van der Waals surface area (Å²) in [5.41, 5.74) is 1.03. The van der Waals surface area contributed by atoms with Crippen molar-refractivity contribution in [2.75, 3.05) is 0 Å². The SMILES string of the molecule is CC.c1ccc2c(c1)ccn1ccnc21. The van der Waals surface area contributed by atoms with Crippen molar-refractivity contribution >= 4 is 16.4 Å². The zero-order chi connectivity index (χ0) is 10.7. The van der Waals surface area contributed by atoms with E-state index in [1.165, 1.54) is 10.8 Å². The van der Waals surface area contributed by atoms with Crippen LogP contribution in [0.3, 0.4) is 0 Å². The second kappa shape index (κ2) is 4.13. The van der Waals surface area contributed by atoms with Crippen molar-refractivity contribution in [1.82, 2.24) is 9.38 Å². The Hall–Kier alpha value is -1.83. The number of nitrogens with zero attached hydrogens (tertiary/aromatic N) is 2. The van der Waals surface area contributed by atoms with Gasteiger partial charge in [-0.1, -0.05) is 38.1 Å². The lowest BCUT2D eigenvalue weighted by atomic mass is 10.2. The maximum absolute atomic E-state index is 4.31. The Morgan fingerprint density at radius 1 is 1.00 bits per heavy atom. The second-order valence-electron chi connectivity index (χ2n) is 3.06. The Morgan fingerprint density at radius 2 is 1.80 bits per heavy atom. The molecular weight excluding hydrogens is 184 g/mol. The number of fused-ring (bicyclic) bond motifs is 3. The van der Waals surface area contributed by atoms with E-state index >= 15 is 0 Å². The van der Waals surface area contributed by atoms with E-state index < -0.39 is 0 Å². The van der Waals surface area contributed by atoms with Crippen LogP contribution in [0.4, 0.5) is 0 Å². The highest BCUT2D eigenvalue weighted by molar-refractivity contribution is 5.93. The van der Waals surface area contributed by atoms with Crippen LogP contribution in [0.2, 0.25) is 0 Å². The van der Waals surface area contributed by atoms with E-state index in [2.05, 4.69) is 23.2 Å². The topological polar surface area (TPSA) is 17.3 Å². The molecule has 3 aromatic rings.